The molecular weight excluding hydrogens is 696 g/mol. The van der Waals surface area contributed by atoms with E-state index in [9.17, 15) is 13.2 Å². The number of rotatable bonds is 16. The van der Waals surface area contributed by atoms with E-state index in [1.165, 1.54) is 0 Å². The van der Waals surface area contributed by atoms with Gasteiger partial charge in [0, 0.05) is 41.6 Å². The molecule has 9 nitrogen and oxygen atoms in total. The van der Waals surface area contributed by atoms with E-state index in [-0.39, 0.29) is 36.1 Å². The van der Waals surface area contributed by atoms with Gasteiger partial charge in [-0.1, -0.05) is 70.5 Å². The molecule has 1 heterocycles. The second-order valence-electron chi connectivity index (χ2n) is 11.2. The first-order valence-corrected chi connectivity index (χ1v) is 18.3. The van der Waals surface area contributed by atoms with E-state index in [2.05, 4.69) is 21.2 Å². The van der Waals surface area contributed by atoms with Gasteiger partial charge in [0.2, 0.25) is 5.90 Å². The van der Waals surface area contributed by atoms with Crippen LogP contribution in [0.5, 0.6) is 11.5 Å². The fraction of sp³-hybridized carbons (Fsp3) is 0.297. The molecule has 0 aromatic heterocycles. The van der Waals surface area contributed by atoms with Gasteiger partial charge in [-0.3, -0.25) is 4.79 Å². The summed E-state index contributed by atoms with van der Waals surface area (Å²) >= 11 is 3.63. The maximum absolute atomic E-state index is 14.5. The van der Waals surface area contributed by atoms with Crippen molar-refractivity contribution in [3.63, 3.8) is 0 Å². The van der Waals surface area contributed by atoms with Crippen molar-refractivity contribution in [1.82, 2.24) is 5.32 Å². The lowest BCUT2D eigenvalue weighted by Gasteiger charge is -2.31. The number of carbonyl (C=O) groups is 1. The minimum atomic E-state index is -3.78. The summed E-state index contributed by atoms with van der Waals surface area (Å²) in [7, 11) is -3.78. The molecule has 0 unspecified atom stereocenters. The summed E-state index contributed by atoms with van der Waals surface area (Å²) in [5.41, 5.74) is 0.578. The quantitative estimate of drug-likeness (QED) is 0.134. The van der Waals surface area contributed by atoms with E-state index < -0.39 is 27.4 Å². The molecule has 1 aliphatic heterocycles. The molecule has 0 aliphatic carbocycles. The second-order valence-corrected chi connectivity index (χ2v) is 14.2. The van der Waals surface area contributed by atoms with Gasteiger partial charge in [-0.05, 0) is 67.4 Å². The Kier molecular flexibility index (Phi) is 11.9. The second kappa shape index (κ2) is 16.3. The summed E-state index contributed by atoms with van der Waals surface area (Å²) in [5, 5.41) is 12.1. The van der Waals surface area contributed by atoms with Crippen LogP contribution < -0.4 is 14.8 Å². The number of hydrogen-bond donors (Lipinski definition) is 2. The van der Waals surface area contributed by atoms with E-state index in [0.717, 1.165) is 11.3 Å². The van der Waals surface area contributed by atoms with Crippen LogP contribution in [0.25, 0.3) is 0 Å². The maximum Gasteiger partial charge on any atom is 0.252 e. The minimum Gasteiger partial charge on any atom is -0.494 e. The van der Waals surface area contributed by atoms with Gasteiger partial charge < -0.3 is 24.6 Å². The van der Waals surface area contributed by atoms with Crippen LogP contribution >= 0.6 is 15.9 Å². The molecule has 2 N–H and O–H groups in total. The lowest BCUT2D eigenvalue weighted by Crippen LogP contribution is -2.49. The average molecular weight is 736 g/mol. The molecule has 0 bridgehead atoms. The number of para-hydroxylation sites is 1. The third-order valence-electron chi connectivity index (χ3n) is 8.02. The van der Waals surface area contributed by atoms with Crippen LogP contribution in [-0.2, 0) is 25.8 Å². The van der Waals surface area contributed by atoms with Crippen molar-refractivity contribution in [2.24, 2.45) is 4.99 Å². The van der Waals surface area contributed by atoms with Crippen molar-refractivity contribution in [3.05, 3.63) is 124 Å². The van der Waals surface area contributed by atoms with Crippen LogP contribution in [0.2, 0.25) is 0 Å². The summed E-state index contributed by atoms with van der Waals surface area (Å²) in [6.45, 7) is 3.10. The largest absolute Gasteiger partial charge is 0.494 e. The predicted octanol–water partition coefficient (Wildman–Crippen LogP) is 6.09. The Morgan fingerprint density at radius 2 is 1.67 bits per heavy atom. The summed E-state index contributed by atoms with van der Waals surface area (Å²) in [5.74, 6) is 0.790. The summed E-state index contributed by atoms with van der Waals surface area (Å²) in [6.07, 6.45) is -0.0740. The standard InChI is InChI=1S/C37H39BrN2O7S/c1-2-45-33-16-9-6-11-27(33)21-23-39-36(42)37(22-26-48(43,44)30-12-4-3-5-13-30)34(31-14-7-8-15-32(31)38)47-35(40-37)28-17-19-29(20-18-28)46-25-10-24-41/h3-9,11-20,34,41H,2,10,21-26H2,1H3,(H,39,42)/t34-,37-/m1/s1. The first-order valence-electron chi connectivity index (χ1n) is 15.9. The van der Waals surface area contributed by atoms with E-state index in [0.29, 0.717) is 47.4 Å². The Balaban J connectivity index is 1.52. The number of hydrogen-bond acceptors (Lipinski definition) is 8. The van der Waals surface area contributed by atoms with Gasteiger partial charge in [0.15, 0.2) is 21.5 Å². The highest BCUT2D eigenvalue weighted by molar-refractivity contribution is 9.10. The smallest absolute Gasteiger partial charge is 0.252 e. The SMILES string of the molecule is CCOc1ccccc1CCNC(=O)[C@]1(CCS(=O)(=O)c2ccccc2)N=C(c2ccc(OCCCO)cc2)O[C@@H]1c1ccccc1Br. The number of aliphatic hydroxyl groups is 1. The van der Waals surface area contributed by atoms with Gasteiger partial charge in [0.05, 0.1) is 23.9 Å². The third-order valence-corrected chi connectivity index (χ3v) is 10.5. The number of ether oxygens (including phenoxy) is 3. The number of nitrogens with one attached hydrogen (secondary N) is 1. The van der Waals surface area contributed by atoms with Crippen LogP contribution in [-0.4, -0.2) is 63.0 Å². The van der Waals surface area contributed by atoms with Gasteiger partial charge >= 0.3 is 0 Å². The molecule has 0 radical (unpaired) electrons. The number of aliphatic hydroxyl groups excluding tert-OH is 1. The molecule has 1 amide bonds. The molecule has 0 spiro atoms. The van der Waals surface area contributed by atoms with Gasteiger partial charge in [-0.2, -0.15) is 0 Å². The highest BCUT2D eigenvalue weighted by Crippen LogP contribution is 2.45. The topological polar surface area (TPSA) is 124 Å². The molecule has 48 heavy (non-hydrogen) atoms. The van der Waals surface area contributed by atoms with Gasteiger partial charge in [-0.15, -0.1) is 0 Å². The first-order chi connectivity index (χ1) is 23.3. The fourth-order valence-corrected chi connectivity index (χ4v) is 7.42. The Labute approximate surface area is 290 Å². The van der Waals surface area contributed by atoms with Crippen molar-refractivity contribution in [3.8, 4) is 11.5 Å². The molecule has 0 saturated carbocycles. The molecule has 0 fully saturated rings. The van der Waals surface area contributed by atoms with E-state index >= 15 is 0 Å². The molecule has 4 aromatic rings. The lowest BCUT2D eigenvalue weighted by molar-refractivity contribution is -0.129. The van der Waals surface area contributed by atoms with E-state index in [1.54, 1.807) is 54.6 Å². The molecule has 5 rings (SSSR count). The van der Waals surface area contributed by atoms with Gasteiger partial charge in [0.1, 0.15) is 11.5 Å². The molecule has 2 atom stereocenters. The zero-order chi connectivity index (χ0) is 34.0. The van der Waals surface area contributed by atoms with Crippen molar-refractivity contribution >= 4 is 37.6 Å². The molecule has 4 aromatic carbocycles. The predicted molar refractivity (Wildman–Crippen MR) is 188 cm³/mol. The van der Waals surface area contributed by atoms with Crippen molar-refractivity contribution in [2.75, 3.05) is 32.1 Å². The van der Waals surface area contributed by atoms with Crippen molar-refractivity contribution < 1.29 is 32.5 Å². The normalized spacial score (nSPS) is 17.3. The van der Waals surface area contributed by atoms with Crippen LogP contribution in [0.4, 0.5) is 0 Å². The monoisotopic (exact) mass is 734 g/mol. The molecular formula is C37H39BrN2O7S. The number of halogens is 1. The number of aliphatic imine (C=N–C) groups is 1. The Morgan fingerprint density at radius 3 is 2.40 bits per heavy atom. The first kappa shape index (κ1) is 35.1. The molecule has 0 saturated heterocycles. The number of nitrogens with zero attached hydrogens (tertiary/aromatic N) is 1. The Morgan fingerprint density at radius 1 is 0.958 bits per heavy atom. The average Bonchev–Trinajstić information content (AvgIpc) is 3.50. The fourth-order valence-electron chi connectivity index (χ4n) is 5.54. The van der Waals surface area contributed by atoms with E-state index in [1.807, 2.05) is 55.5 Å². The Bertz CT molecular complexity index is 1820. The summed E-state index contributed by atoms with van der Waals surface area (Å²) in [4.78, 5) is 19.6. The van der Waals surface area contributed by atoms with Crippen LogP contribution in [0.15, 0.2) is 117 Å². The lowest BCUT2D eigenvalue weighted by atomic mass is 9.85. The zero-order valence-electron chi connectivity index (χ0n) is 26.7. The number of benzene rings is 4. The van der Waals surface area contributed by atoms with Gasteiger partial charge in [-0.25, -0.2) is 13.4 Å². The minimum absolute atomic E-state index is 0.0301. The highest BCUT2D eigenvalue weighted by atomic mass is 79.9. The van der Waals surface area contributed by atoms with Crippen molar-refractivity contribution in [1.29, 1.82) is 0 Å². The van der Waals surface area contributed by atoms with Crippen molar-refractivity contribution in [2.45, 2.75) is 42.7 Å². The number of carbonyl (C=O) groups excluding carboxylic acids is 1. The zero-order valence-corrected chi connectivity index (χ0v) is 29.1. The summed E-state index contributed by atoms with van der Waals surface area (Å²) in [6, 6.07) is 30.4. The van der Waals surface area contributed by atoms with Crippen LogP contribution in [0, 0.1) is 0 Å². The third kappa shape index (κ3) is 8.26. The van der Waals surface area contributed by atoms with Crippen LogP contribution in [0.1, 0.15) is 42.6 Å². The molecule has 252 valence electrons. The molecule has 11 heteroatoms. The summed E-state index contributed by atoms with van der Waals surface area (Å²) < 4.78 is 45.9. The maximum atomic E-state index is 14.5. The Hall–Kier alpha value is -4.19. The van der Waals surface area contributed by atoms with Gasteiger partial charge in [0.25, 0.3) is 5.91 Å². The molecule has 1 aliphatic rings. The van der Waals surface area contributed by atoms with E-state index in [4.69, 9.17) is 24.3 Å². The number of sulfone groups is 1. The number of amides is 1. The highest BCUT2D eigenvalue weighted by Gasteiger charge is 2.54. The van der Waals surface area contributed by atoms with Crippen LogP contribution in [0.3, 0.4) is 0 Å².